The molecule has 4 rings (SSSR count). The molecule has 1 aliphatic rings. The number of urea groups is 1. The van der Waals surface area contributed by atoms with Crippen LogP contribution in [0.5, 0.6) is 0 Å². The summed E-state index contributed by atoms with van der Waals surface area (Å²) in [7, 11) is 0. The summed E-state index contributed by atoms with van der Waals surface area (Å²) in [5.41, 5.74) is 8.83. The van der Waals surface area contributed by atoms with E-state index in [0.29, 0.717) is 29.5 Å². The first-order valence-corrected chi connectivity index (χ1v) is 11.5. The maximum atomic E-state index is 12.1. The van der Waals surface area contributed by atoms with E-state index in [2.05, 4.69) is 32.4 Å². The predicted octanol–water partition coefficient (Wildman–Crippen LogP) is 3.93. The summed E-state index contributed by atoms with van der Waals surface area (Å²) in [5.74, 6) is 0.842. The highest BCUT2D eigenvalue weighted by molar-refractivity contribution is 6.13. The van der Waals surface area contributed by atoms with Gasteiger partial charge in [0.05, 0.1) is 5.71 Å². The molecule has 0 spiro atoms. The largest absolute Gasteiger partial charge is 0.398 e. The normalized spacial score (nSPS) is 15.2. The molecule has 3 aromatic rings. The SMILES string of the molecule is CCN1CCC(CNC(=O)Nc2cc(N)c(C(=N)c3ccnc(C)c3)cn2)C1.c1ccccc1. The van der Waals surface area contributed by atoms with Gasteiger partial charge in [0.25, 0.3) is 0 Å². The summed E-state index contributed by atoms with van der Waals surface area (Å²) < 4.78 is 0. The summed E-state index contributed by atoms with van der Waals surface area (Å²) in [6, 6.07) is 16.9. The zero-order valence-corrected chi connectivity index (χ0v) is 19.8. The number of nitrogens with one attached hydrogen (secondary N) is 3. The number of hydrogen-bond acceptors (Lipinski definition) is 6. The fraction of sp³-hybridized carbons (Fsp3) is 0.308. The molecule has 2 aromatic heterocycles. The fourth-order valence-electron chi connectivity index (χ4n) is 3.75. The van der Waals surface area contributed by atoms with Crippen LogP contribution in [0.2, 0.25) is 0 Å². The highest BCUT2D eigenvalue weighted by Crippen LogP contribution is 2.19. The number of hydrogen-bond donors (Lipinski definition) is 4. The Bertz CT molecular complexity index is 1060. The van der Waals surface area contributed by atoms with E-state index in [4.69, 9.17) is 11.1 Å². The molecule has 1 aromatic carbocycles. The number of pyridine rings is 2. The lowest BCUT2D eigenvalue weighted by molar-refractivity contribution is 0.249. The Balaban J connectivity index is 0.000000469. The number of carbonyl (C=O) groups excluding carboxylic acids is 1. The van der Waals surface area contributed by atoms with Crippen LogP contribution in [0.25, 0.3) is 0 Å². The number of nitrogens with zero attached hydrogens (tertiary/aromatic N) is 3. The Labute approximate surface area is 201 Å². The van der Waals surface area contributed by atoms with Crippen molar-refractivity contribution in [3.05, 3.63) is 83.8 Å². The average molecular weight is 460 g/mol. The molecule has 3 heterocycles. The lowest BCUT2D eigenvalue weighted by atomic mass is 10.0. The highest BCUT2D eigenvalue weighted by Gasteiger charge is 2.21. The van der Waals surface area contributed by atoms with Crippen molar-refractivity contribution in [3.63, 3.8) is 0 Å². The van der Waals surface area contributed by atoms with Gasteiger partial charge in [-0.15, -0.1) is 0 Å². The van der Waals surface area contributed by atoms with E-state index in [9.17, 15) is 4.79 Å². The van der Waals surface area contributed by atoms with Gasteiger partial charge < -0.3 is 16.0 Å². The Hall–Kier alpha value is -3.78. The molecule has 1 saturated heterocycles. The Morgan fingerprint density at radius 1 is 1.18 bits per heavy atom. The van der Waals surface area contributed by atoms with E-state index in [1.165, 1.54) is 6.20 Å². The number of nitrogen functional groups attached to an aromatic ring is 1. The van der Waals surface area contributed by atoms with Crippen LogP contribution in [-0.2, 0) is 0 Å². The van der Waals surface area contributed by atoms with Gasteiger partial charge in [0.2, 0.25) is 0 Å². The monoisotopic (exact) mass is 459 g/mol. The molecule has 178 valence electrons. The maximum absolute atomic E-state index is 12.1. The second-order valence-electron chi connectivity index (χ2n) is 8.26. The number of nitrogens with two attached hydrogens (primary N) is 1. The Morgan fingerprint density at radius 2 is 1.88 bits per heavy atom. The number of likely N-dealkylation sites (tertiary alicyclic amines) is 1. The van der Waals surface area contributed by atoms with Crippen LogP contribution in [0.4, 0.5) is 16.3 Å². The third-order valence-corrected chi connectivity index (χ3v) is 5.67. The molecule has 0 aliphatic carbocycles. The van der Waals surface area contributed by atoms with Crippen molar-refractivity contribution in [2.75, 3.05) is 37.2 Å². The van der Waals surface area contributed by atoms with Gasteiger partial charge in [-0.05, 0) is 44.5 Å². The van der Waals surface area contributed by atoms with E-state index in [1.807, 2.05) is 49.4 Å². The molecule has 5 N–H and O–H groups in total. The summed E-state index contributed by atoms with van der Waals surface area (Å²) in [6.45, 7) is 7.82. The molecular formula is C26H33N7O. The summed E-state index contributed by atoms with van der Waals surface area (Å²) in [4.78, 5) is 22.9. The molecule has 1 fully saturated rings. The van der Waals surface area contributed by atoms with Gasteiger partial charge in [0, 0.05) is 54.1 Å². The zero-order chi connectivity index (χ0) is 24.3. The molecule has 1 unspecified atom stereocenters. The minimum atomic E-state index is -0.297. The molecule has 0 radical (unpaired) electrons. The van der Waals surface area contributed by atoms with Crippen molar-refractivity contribution in [1.82, 2.24) is 20.2 Å². The van der Waals surface area contributed by atoms with Crippen LogP contribution >= 0.6 is 0 Å². The molecular weight excluding hydrogens is 426 g/mol. The Kier molecular flexibility index (Phi) is 9.11. The summed E-state index contributed by atoms with van der Waals surface area (Å²) in [6.07, 6.45) is 4.27. The van der Waals surface area contributed by atoms with Gasteiger partial charge in [0.1, 0.15) is 5.82 Å². The molecule has 1 aliphatic heterocycles. The van der Waals surface area contributed by atoms with Crippen molar-refractivity contribution < 1.29 is 4.79 Å². The van der Waals surface area contributed by atoms with Gasteiger partial charge in [0.15, 0.2) is 0 Å². The van der Waals surface area contributed by atoms with Crippen LogP contribution in [0.1, 0.15) is 30.2 Å². The first-order valence-electron chi connectivity index (χ1n) is 11.5. The van der Waals surface area contributed by atoms with E-state index >= 15 is 0 Å². The van der Waals surface area contributed by atoms with Crippen molar-refractivity contribution in [2.45, 2.75) is 20.3 Å². The zero-order valence-electron chi connectivity index (χ0n) is 19.8. The topological polar surface area (TPSA) is 120 Å². The molecule has 1 atom stereocenters. The van der Waals surface area contributed by atoms with Crippen LogP contribution < -0.4 is 16.4 Å². The van der Waals surface area contributed by atoms with Gasteiger partial charge in [-0.3, -0.25) is 15.7 Å². The third-order valence-electron chi connectivity index (χ3n) is 5.67. The number of anilines is 2. The lowest BCUT2D eigenvalue weighted by Gasteiger charge is -2.14. The van der Waals surface area contributed by atoms with Crippen molar-refractivity contribution in [3.8, 4) is 0 Å². The van der Waals surface area contributed by atoms with E-state index in [-0.39, 0.29) is 11.7 Å². The standard InChI is InChI=1S/C20H27N7O.C6H6/c1-3-27-7-5-14(12-27)10-25-20(28)26-18-9-17(21)16(11-24-18)19(22)15-4-6-23-13(2)8-15;1-2-4-6-5-3-1/h4,6,8-9,11,14,22H,3,5,7,10,12H2,1-2H3,(H4,21,24,25,26,28);1-6H. The predicted molar refractivity (Wildman–Crippen MR) is 137 cm³/mol. The molecule has 8 heteroatoms. The van der Waals surface area contributed by atoms with Crippen LogP contribution in [-0.4, -0.2) is 52.8 Å². The van der Waals surface area contributed by atoms with Crippen LogP contribution in [0.3, 0.4) is 0 Å². The number of aromatic nitrogens is 2. The summed E-state index contributed by atoms with van der Waals surface area (Å²) >= 11 is 0. The van der Waals surface area contributed by atoms with E-state index < -0.39 is 0 Å². The van der Waals surface area contributed by atoms with Crippen molar-refractivity contribution in [1.29, 1.82) is 5.41 Å². The van der Waals surface area contributed by atoms with Crippen LogP contribution in [0, 0.1) is 18.3 Å². The maximum Gasteiger partial charge on any atom is 0.320 e. The average Bonchev–Trinajstić information content (AvgIpc) is 3.32. The second kappa shape index (κ2) is 12.5. The fourth-order valence-corrected chi connectivity index (χ4v) is 3.75. The minimum Gasteiger partial charge on any atom is -0.398 e. The van der Waals surface area contributed by atoms with Gasteiger partial charge in [-0.1, -0.05) is 43.3 Å². The molecule has 0 saturated carbocycles. The first kappa shape index (κ1) is 24.9. The molecule has 34 heavy (non-hydrogen) atoms. The van der Waals surface area contributed by atoms with Crippen LogP contribution in [0.15, 0.2) is 67.0 Å². The number of carbonyl (C=O) groups is 1. The van der Waals surface area contributed by atoms with Crippen molar-refractivity contribution in [2.24, 2.45) is 5.92 Å². The Morgan fingerprint density at radius 3 is 2.47 bits per heavy atom. The van der Waals surface area contributed by atoms with Crippen molar-refractivity contribution >= 4 is 23.2 Å². The number of benzene rings is 1. The van der Waals surface area contributed by atoms with Gasteiger partial charge in [-0.25, -0.2) is 9.78 Å². The van der Waals surface area contributed by atoms with Gasteiger partial charge in [-0.2, -0.15) is 0 Å². The quantitative estimate of drug-likeness (QED) is 0.416. The number of rotatable bonds is 6. The lowest BCUT2D eigenvalue weighted by Crippen LogP contribution is -2.34. The van der Waals surface area contributed by atoms with Gasteiger partial charge >= 0.3 is 6.03 Å². The summed E-state index contributed by atoms with van der Waals surface area (Å²) in [5, 5.41) is 14.0. The molecule has 2 amide bonds. The smallest absolute Gasteiger partial charge is 0.320 e. The number of amides is 2. The van der Waals surface area contributed by atoms with E-state index in [0.717, 1.165) is 37.3 Å². The minimum absolute atomic E-state index is 0.271. The molecule has 0 bridgehead atoms. The highest BCUT2D eigenvalue weighted by atomic mass is 16.2. The van der Waals surface area contributed by atoms with E-state index in [1.54, 1.807) is 18.3 Å². The first-order chi connectivity index (χ1) is 16.5. The molecule has 8 nitrogen and oxygen atoms in total. The second-order valence-corrected chi connectivity index (χ2v) is 8.26. The third kappa shape index (κ3) is 7.38. The number of aryl methyl sites for hydroxylation is 1.